The van der Waals surface area contributed by atoms with Gasteiger partial charge in [-0.2, -0.15) is 0 Å². The Hall–Kier alpha value is -3.45. The molecule has 7 heteroatoms. The Morgan fingerprint density at radius 2 is 2.09 bits per heavy atom. The fourth-order valence-electron chi connectivity index (χ4n) is 4.47. The van der Waals surface area contributed by atoms with E-state index in [0.29, 0.717) is 23.8 Å². The van der Waals surface area contributed by atoms with Gasteiger partial charge in [0, 0.05) is 30.8 Å². The van der Waals surface area contributed by atoms with Crippen LogP contribution in [0.4, 0.5) is 0 Å². The van der Waals surface area contributed by atoms with E-state index in [4.69, 9.17) is 0 Å². The second-order valence-corrected chi connectivity index (χ2v) is 8.85. The summed E-state index contributed by atoms with van der Waals surface area (Å²) in [5, 5.41) is 6.49. The molecule has 5 rings (SSSR count). The van der Waals surface area contributed by atoms with Crippen LogP contribution in [0.1, 0.15) is 31.0 Å². The number of allylic oxidation sites excluding steroid dienone is 3. The van der Waals surface area contributed by atoms with Gasteiger partial charge in [-0.3, -0.25) is 4.79 Å². The zero-order valence-corrected chi connectivity index (χ0v) is 18.3. The van der Waals surface area contributed by atoms with Crippen molar-refractivity contribution in [3.63, 3.8) is 0 Å². The van der Waals surface area contributed by atoms with Gasteiger partial charge in [-0.15, -0.1) is 0 Å². The molecule has 164 valence electrons. The summed E-state index contributed by atoms with van der Waals surface area (Å²) < 4.78 is 2.02. The van der Waals surface area contributed by atoms with Crippen LogP contribution in [0.25, 0.3) is 5.65 Å². The fourth-order valence-corrected chi connectivity index (χ4v) is 4.47. The van der Waals surface area contributed by atoms with E-state index < -0.39 is 0 Å². The molecule has 0 radical (unpaired) electrons. The Kier molecular flexibility index (Phi) is 5.49. The van der Waals surface area contributed by atoms with Crippen molar-refractivity contribution in [2.45, 2.75) is 32.9 Å². The lowest BCUT2D eigenvalue weighted by Crippen LogP contribution is -2.31. The molecule has 0 bridgehead atoms. The minimum atomic E-state index is -0.242. The lowest BCUT2D eigenvalue weighted by Gasteiger charge is -2.32. The molecule has 2 aromatic heterocycles. The van der Waals surface area contributed by atoms with Gasteiger partial charge in [0.15, 0.2) is 0 Å². The number of hydrogen-bond donors (Lipinski definition) is 2. The summed E-state index contributed by atoms with van der Waals surface area (Å²) in [5.74, 6) is 2.16. The number of rotatable bonds is 7. The number of aliphatic imine (C=N–C) groups is 1. The Bertz CT molecular complexity index is 1180. The molecule has 0 spiro atoms. The molecule has 0 atom stereocenters. The number of carbonyl (C=O) groups excluding carboxylic acids is 1. The molecule has 3 aliphatic rings. The molecule has 0 saturated heterocycles. The molecule has 4 heterocycles. The molecule has 2 N–H and O–H groups in total. The normalized spacial score (nSPS) is 21.8. The van der Waals surface area contributed by atoms with Gasteiger partial charge in [-0.1, -0.05) is 25.6 Å². The average Bonchev–Trinajstić information content (AvgIpc) is 3.18. The standard InChI is InChI=1S/C25H28N6O/c1-17-9-20(10-17)13-26-12-19-6-7-23-28-21(16-30(23)15-19)14-27-25(32)22-11-18(2)31-8-4-3-5-24(31)29-22/h3-8,11,15-17,20,26H,2,9-10,12-14H2,1H3,(H,27,32). The third-order valence-corrected chi connectivity index (χ3v) is 6.14. The highest BCUT2D eigenvalue weighted by Crippen LogP contribution is 2.32. The van der Waals surface area contributed by atoms with Gasteiger partial charge >= 0.3 is 0 Å². The summed E-state index contributed by atoms with van der Waals surface area (Å²) in [6.45, 7) is 8.60. The van der Waals surface area contributed by atoms with Gasteiger partial charge in [0.25, 0.3) is 5.91 Å². The van der Waals surface area contributed by atoms with Crippen molar-refractivity contribution in [1.82, 2.24) is 24.9 Å². The average molecular weight is 429 g/mol. The number of carbonyl (C=O) groups is 1. The number of imidazole rings is 1. The first kappa shape index (κ1) is 20.5. The molecule has 1 amide bonds. The Morgan fingerprint density at radius 1 is 1.22 bits per heavy atom. The number of nitrogens with zero attached hydrogens (tertiary/aromatic N) is 4. The summed E-state index contributed by atoms with van der Waals surface area (Å²) in [4.78, 5) is 23.6. The molecular formula is C25H28N6O. The van der Waals surface area contributed by atoms with E-state index in [0.717, 1.165) is 36.3 Å². The molecule has 1 saturated carbocycles. The first-order valence-electron chi connectivity index (χ1n) is 11.1. The van der Waals surface area contributed by atoms with Gasteiger partial charge in [-0.05, 0) is 61.1 Å². The predicted molar refractivity (Wildman–Crippen MR) is 125 cm³/mol. The van der Waals surface area contributed by atoms with Crippen molar-refractivity contribution in [3.05, 3.63) is 84.3 Å². The van der Waals surface area contributed by atoms with Crippen molar-refractivity contribution in [2.75, 3.05) is 6.54 Å². The first-order valence-corrected chi connectivity index (χ1v) is 11.1. The predicted octanol–water partition coefficient (Wildman–Crippen LogP) is 3.28. The van der Waals surface area contributed by atoms with Crippen LogP contribution in [0.5, 0.6) is 0 Å². The third-order valence-electron chi connectivity index (χ3n) is 6.14. The van der Waals surface area contributed by atoms with Crippen molar-refractivity contribution < 1.29 is 4.79 Å². The highest BCUT2D eigenvalue weighted by Gasteiger charge is 2.24. The van der Waals surface area contributed by atoms with Crippen LogP contribution in [0.2, 0.25) is 0 Å². The molecule has 7 nitrogen and oxygen atoms in total. The topological polar surface area (TPSA) is 74.0 Å². The summed E-state index contributed by atoms with van der Waals surface area (Å²) in [6, 6.07) is 4.12. The van der Waals surface area contributed by atoms with Crippen LogP contribution in [0.15, 0.2) is 78.0 Å². The molecule has 1 aliphatic carbocycles. The summed E-state index contributed by atoms with van der Waals surface area (Å²) in [5.41, 5.74) is 3.95. The molecule has 0 unspecified atom stereocenters. The summed E-state index contributed by atoms with van der Waals surface area (Å²) in [6.07, 6.45) is 16.0. The molecular weight excluding hydrogens is 400 g/mol. The Labute approximate surface area is 187 Å². The number of nitrogens with one attached hydrogen (secondary N) is 2. The largest absolute Gasteiger partial charge is 0.345 e. The minimum Gasteiger partial charge on any atom is -0.345 e. The smallest absolute Gasteiger partial charge is 0.270 e. The van der Waals surface area contributed by atoms with Gasteiger partial charge in [-0.25, -0.2) is 9.98 Å². The van der Waals surface area contributed by atoms with Crippen LogP contribution in [0, 0.1) is 11.8 Å². The number of hydrogen-bond acceptors (Lipinski definition) is 5. The molecule has 2 aliphatic heterocycles. The number of amides is 1. The van der Waals surface area contributed by atoms with Gasteiger partial charge in [0.2, 0.25) is 0 Å². The Balaban J connectivity index is 1.18. The maximum atomic E-state index is 12.7. The number of pyridine rings is 1. The van der Waals surface area contributed by atoms with Crippen molar-refractivity contribution in [2.24, 2.45) is 16.8 Å². The van der Waals surface area contributed by atoms with E-state index in [1.807, 2.05) is 46.0 Å². The van der Waals surface area contributed by atoms with E-state index in [-0.39, 0.29) is 5.91 Å². The van der Waals surface area contributed by atoms with Crippen LogP contribution in [-0.4, -0.2) is 32.6 Å². The maximum Gasteiger partial charge on any atom is 0.270 e. The van der Waals surface area contributed by atoms with E-state index in [2.05, 4.69) is 46.4 Å². The van der Waals surface area contributed by atoms with Gasteiger partial charge in [0.1, 0.15) is 17.2 Å². The van der Waals surface area contributed by atoms with E-state index in [1.165, 1.54) is 18.4 Å². The number of aromatic nitrogens is 2. The second kappa shape index (κ2) is 8.59. The first-order chi connectivity index (χ1) is 15.5. The molecule has 0 aromatic carbocycles. The van der Waals surface area contributed by atoms with Gasteiger partial charge < -0.3 is 19.9 Å². The van der Waals surface area contributed by atoms with E-state index in [1.54, 1.807) is 6.08 Å². The van der Waals surface area contributed by atoms with Crippen molar-refractivity contribution >= 4 is 17.4 Å². The lowest BCUT2D eigenvalue weighted by atomic mass is 9.76. The Morgan fingerprint density at radius 3 is 2.94 bits per heavy atom. The van der Waals surface area contributed by atoms with Crippen LogP contribution < -0.4 is 10.6 Å². The summed E-state index contributed by atoms with van der Waals surface area (Å²) in [7, 11) is 0. The third kappa shape index (κ3) is 4.29. The monoisotopic (exact) mass is 428 g/mol. The van der Waals surface area contributed by atoms with Gasteiger partial charge in [0.05, 0.1) is 12.2 Å². The lowest BCUT2D eigenvalue weighted by molar-refractivity contribution is -0.117. The van der Waals surface area contributed by atoms with Crippen molar-refractivity contribution in [1.29, 1.82) is 0 Å². The molecule has 1 fully saturated rings. The highest BCUT2D eigenvalue weighted by atomic mass is 16.2. The van der Waals surface area contributed by atoms with E-state index in [9.17, 15) is 4.79 Å². The summed E-state index contributed by atoms with van der Waals surface area (Å²) >= 11 is 0. The highest BCUT2D eigenvalue weighted by molar-refractivity contribution is 6.04. The zero-order chi connectivity index (χ0) is 22.1. The zero-order valence-electron chi connectivity index (χ0n) is 18.3. The maximum absolute atomic E-state index is 12.7. The second-order valence-electron chi connectivity index (χ2n) is 8.85. The minimum absolute atomic E-state index is 0.242. The van der Waals surface area contributed by atoms with Crippen LogP contribution in [0.3, 0.4) is 0 Å². The quantitative estimate of drug-likeness (QED) is 0.710. The number of fused-ring (bicyclic) bond motifs is 2. The molecule has 32 heavy (non-hydrogen) atoms. The molecule has 2 aromatic rings. The van der Waals surface area contributed by atoms with E-state index >= 15 is 0 Å². The van der Waals surface area contributed by atoms with Crippen LogP contribution >= 0.6 is 0 Å². The van der Waals surface area contributed by atoms with Crippen LogP contribution in [-0.2, 0) is 17.9 Å². The number of amidine groups is 1. The van der Waals surface area contributed by atoms with Crippen molar-refractivity contribution in [3.8, 4) is 0 Å². The fraction of sp³-hybridized carbons (Fsp3) is 0.320. The SMILES string of the molecule is C=C1C=C(C(=O)NCc2cn3cc(CNCC4CC(C)C4)ccc3n2)N=C2C=CC=CN12.